The molecule has 0 fully saturated rings. The van der Waals surface area contributed by atoms with E-state index in [1.54, 1.807) is 64.8 Å². The summed E-state index contributed by atoms with van der Waals surface area (Å²) in [6.07, 6.45) is 0. The van der Waals surface area contributed by atoms with Gasteiger partial charge >= 0.3 is 0 Å². The van der Waals surface area contributed by atoms with Crippen LogP contribution < -0.4 is 18.9 Å². The molecule has 2 rings (SSSR count). The summed E-state index contributed by atoms with van der Waals surface area (Å²) in [5.74, 6) is 2.60. The quantitative estimate of drug-likeness (QED) is 0.752. The molecule has 0 atom stereocenters. The Morgan fingerprint density at radius 1 is 0.500 bits per heavy atom. The van der Waals surface area contributed by atoms with E-state index in [1.807, 2.05) is 0 Å². The van der Waals surface area contributed by atoms with Crippen LogP contribution in [0, 0.1) is 0 Å². The number of methoxy groups -OCH3 is 4. The van der Waals surface area contributed by atoms with Gasteiger partial charge in [-0.1, -0.05) is 0 Å². The van der Waals surface area contributed by atoms with Gasteiger partial charge in [0.1, 0.15) is 23.0 Å². The topological polar surface area (TPSA) is 61.6 Å². The fourth-order valence-corrected chi connectivity index (χ4v) is 1.82. The predicted molar refractivity (Wildman–Crippen MR) is 83.3 cm³/mol. The minimum Gasteiger partial charge on any atom is -0.497 e. The summed E-state index contributed by atoms with van der Waals surface area (Å²) in [6.45, 7) is 0. The van der Waals surface area contributed by atoms with Crippen molar-refractivity contribution in [1.82, 2.24) is 0 Å². The maximum atomic E-state index is 5.20. The number of nitrogens with zero attached hydrogens (tertiary/aromatic N) is 2. The average Bonchev–Trinajstić information content (AvgIpc) is 2.59. The molecule has 22 heavy (non-hydrogen) atoms. The number of rotatable bonds is 6. The molecule has 2 aromatic rings. The van der Waals surface area contributed by atoms with E-state index >= 15 is 0 Å². The van der Waals surface area contributed by atoms with Gasteiger partial charge in [-0.2, -0.15) is 10.2 Å². The van der Waals surface area contributed by atoms with Gasteiger partial charge in [0.15, 0.2) is 0 Å². The molecule has 0 spiro atoms. The Kier molecular flexibility index (Phi) is 5.19. The lowest BCUT2D eigenvalue weighted by Crippen LogP contribution is -1.86. The van der Waals surface area contributed by atoms with Crippen LogP contribution in [0.25, 0.3) is 0 Å². The van der Waals surface area contributed by atoms with Gasteiger partial charge in [-0.3, -0.25) is 0 Å². The SMILES string of the molecule is COc1cc(N=Nc2cc(OC)cc(OC)c2)cc(OC)c1. The Labute approximate surface area is 129 Å². The van der Waals surface area contributed by atoms with E-state index in [1.165, 1.54) is 0 Å². The minimum absolute atomic E-state index is 0.623. The van der Waals surface area contributed by atoms with Gasteiger partial charge in [0.25, 0.3) is 0 Å². The van der Waals surface area contributed by atoms with Gasteiger partial charge in [-0.05, 0) is 0 Å². The molecular formula is C16H18N2O4. The average molecular weight is 302 g/mol. The van der Waals surface area contributed by atoms with Crippen molar-refractivity contribution in [2.75, 3.05) is 28.4 Å². The first-order chi connectivity index (χ1) is 10.7. The second kappa shape index (κ2) is 7.31. The third-order valence-electron chi connectivity index (χ3n) is 2.95. The summed E-state index contributed by atoms with van der Waals surface area (Å²) < 4.78 is 20.8. The highest BCUT2D eigenvalue weighted by atomic mass is 16.5. The van der Waals surface area contributed by atoms with Crippen molar-refractivity contribution < 1.29 is 18.9 Å². The van der Waals surface area contributed by atoms with E-state index in [-0.39, 0.29) is 0 Å². The van der Waals surface area contributed by atoms with Crippen LogP contribution in [0.15, 0.2) is 46.6 Å². The molecule has 0 aliphatic carbocycles. The van der Waals surface area contributed by atoms with Gasteiger partial charge in [0.05, 0.1) is 39.8 Å². The third kappa shape index (κ3) is 3.88. The molecular weight excluding hydrogens is 284 g/mol. The fraction of sp³-hybridized carbons (Fsp3) is 0.250. The molecule has 0 N–H and O–H groups in total. The molecule has 6 nitrogen and oxygen atoms in total. The van der Waals surface area contributed by atoms with Crippen molar-refractivity contribution in [3.05, 3.63) is 36.4 Å². The standard InChI is InChI=1S/C16H18N2O4/c1-19-13-5-11(6-14(9-13)20-2)17-18-12-7-15(21-3)10-16(8-12)22-4/h5-10H,1-4H3. The lowest BCUT2D eigenvalue weighted by molar-refractivity contribution is 0.394. The van der Waals surface area contributed by atoms with E-state index in [0.717, 1.165) is 0 Å². The lowest BCUT2D eigenvalue weighted by atomic mass is 10.3. The maximum absolute atomic E-state index is 5.20. The molecule has 0 aliphatic rings. The predicted octanol–water partition coefficient (Wildman–Crippen LogP) is 4.14. The molecule has 116 valence electrons. The Bertz CT molecular complexity index is 569. The van der Waals surface area contributed by atoms with E-state index in [9.17, 15) is 0 Å². The molecule has 2 aromatic carbocycles. The van der Waals surface area contributed by atoms with Gasteiger partial charge in [-0.25, -0.2) is 0 Å². The van der Waals surface area contributed by atoms with Gasteiger partial charge in [0, 0.05) is 36.4 Å². The number of benzene rings is 2. The van der Waals surface area contributed by atoms with E-state index in [2.05, 4.69) is 10.2 Å². The summed E-state index contributed by atoms with van der Waals surface area (Å²) in [6, 6.07) is 10.6. The maximum Gasteiger partial charge on any atom is 0.124 e. The Morgan fingerprint density at radius 2 is 0.773 bits per heavy atom. The summed E-state index contributed by atoms with van der Waals surface area (Å²) in [7, 11) is 6.34. The van der Waals surface area contributed by atoms with Crippen LogP contribution in [-0.4, -0.2) is 28.4 Å². The highest BCUT2D eigenvalue weighted by Crippen LogP contribution is 2.31. The zero-order valence-corrected chi connectivity index (χ0v) is 13.0. The highest BCUT2D eigenvalue weighted by molar-refractivity contribution is 5.52. The first-order valence-electron chi connectivity index (χ1n) is 6.56. The van der Waals surface area contributed by atoms with Crippen molar-refractivity contribution in [1.29, 1.82) is 0 Å². The normalized spacial score (nSPS) is 10.5. The van der Waals surface area contributed by atoms with Crippen molar-refractivity contribution in [3.8, 4) is 23.0 Å². The minimum atomic E-state index is 0.623. The molecule has 0 heterocycles. The highest BCUT2D eigenvalue weighted by Gasteiger charge is 2.03. The Balaban J connectivity index is 2.31. The van der Waals surface area contributed by atoms with E-state index < -0.39 is 0 Å². The Morgan fingerprint density at radius 3 is 1.00 bits per heavy atom. The molecule has 0 bridgehead atoms. The fourth-order valence-electron chi connectivity index (χ4n) is 1.82. The van der Waals surface area contributed by atoms with Crippen molar-refractivity contribution in [2.45, 2.75) is 0 Å². The zero-order chi connectivity index (χ0) is 15.9. The van der Waals surface area contributed by atoms with Gasteiger partial charge in [0.2, 0.25) is 0 Å². The van der Waals surface area contributed by atoms with Crippen molar-refractivity contribution >= 4 is 11.4 Å². The number of azo groups is 1. The molecule has 6 heteroatoms. The van der Waals surface area contributed by atoms with Crippen LogP contribution in [0.2, 0.25) is 0 Å². The third-order valence-corrected chi connectivity index (χ3v) is 2.95. The van der Waals surface area contributed by atoms with E-state index in [0.29, 0.717) is 34.4 Å². The molecule has 0 unspecified atom stereocenters. The first kappa shape index (κ1) is 15.6. The second-order valence-corrected chi connectivity index (χ2v) is 4.34. The van der Waals surface area contributed by atoms with Crippen LogP contribution in [0.1, 0.15) is 0 Å². The smallest absolute Gasteiger partial charge is 0.124 e. The van der Waals surface area contributed by atoms with Crippen LogP contribution in [0.5, 0.6) is 23.0 Å². The van der Waals surface area contributed by atoms with Crippen LogP contribution >= 0.6 is 0 Å². The van der Waals surface area contributed by atoms with Gasteiger partial charge < -0.3 is 18.9 Å². The zero-order valence-electron chi connectivity index (χ0n) is 13.0. The summed E-state index contributed by atoms with van der Waals surface area (Å²) >= 11 is 0. The van der Waals surface area contributed by atoms with Gasteiger partial charge in [-0.15, -0.1) is 0 Å². The molecule has 0 aliphatic heterocycles. The largest absolute Gasteiger partial charge is 0.497 e. The molecule has 0 amide bonds. The molecule has 0 aromatic heterocycles. The second-order valence-electron chi connectivity index (χ2n) is 4.34. The van der Waals surface area contributed by atoms with Crippen molar-refractivity contribution in [3.63, 3.8) is 0 Å². The number of hydrogen-bond acceptors (Lipinski definition) is 6. The summed E-state index contributed by atoms with van der Waals surface area (Å²) in [5, 5.41) is 8.40. The first-order valence-corrected chi connectivity index (χ1v) is 6.56. The number of ether oxygens (including phenoxy) is 4. The number of hydrogen-bond donors (Lipinski definition) is 0. The summed E-state index contributed by atoms with van der Waals surface area (Å²) in [4.78, 5) is 0. The van der Waals surface area contributed by atoms with Crippen LogP contribution in [0.4, 0.5) is 11.4 Å². The molecule has 0 radical (unpaired) electrons. The van der Waals surface area contributed by atoms with Crippen LogP contribution in [-0.2, 0) is 0 Å². The lowest BCUT2D eigenvalue weighted by Gasteiger charge is -2.06. The van der Waals surface area contributed by atoms with E-state index in [4.69, 9.17) is 18.9 Å². The molecule has 0 saturated carbocycles. The Hall–Kier alpha value is -2.76. The monoisotopic (exact) mass is 302 g/mol. The molecule has 0 saturated heterocycles. The van der Waals surface area contributed by atoms with Crippen LogP contribution in [0.3, 0.4) is 0 Å². The summed E-state index contributed by atoms with van der Waals surface area (Å²) in [5.41, 5.74) is 1.25. The van der Waals surface area contributed by atoms with Crippen molar-refractivity contribution in [2.24, 2.45) is 10.2 Å².